The Bertz CT molecular complexity index is 307. The Kier molecular flexibility index (Phi) is 4.57. The molecule has 0 bridgehead atoms. The lowest BCUT2D eigenvalue weighted by Gasteiger charge is -2.15. The van der Waals surface area contributed by atoms with E-state index in [1.165, 1.54) is 0 Å². The molecule has 1 heterocycles. The third-order valence-corrected chi connectivity index (χ3v) is 2.53. The van der Waals surface area contributed by atoms with Gasteiger partial charge in [0, 0.05) is 6.20 Å². The number of aromatic nitrogens is 2. The van der Waals surface area contributed by atoms with E-state index in [1.807, 2.05) is 6.92 Å². The molecule has 0 aliphatic heterocycles. The van der Waals surface area contributed by atoms with Crippen LogP contribution in [0.15, 0.2) is 10.7 Å². The lowest BCUT2D eigenvalue weighted by molar-refractivity contribution is 0.271. The minimum Gasteiger partial charge on any atom is -0.394 e. The quantitative estimate of drug-likeness (QED) is 0.829. The smallest absolute Gasteiger partial charge is 0.224 e. The van der Waals surface area contributed by atoms with Crippen molar-refractivity contribution in [3.63, 3.8) is 0 Å². The molecular formula is C8H11BrClN3O. The Labute approximate surface area is 95.8 Å². The third-order valence-electron chi connectivity index (χ3n) is 1.77. The van der Waals surface area contributed by atoms with Crippen LogP contribution in [0.2, 0.25) is 5.28 Å². The van der Waals surface area contributed by atoms with Gasteiger partial charge in [0.05, 0.1) is 17.1 Å². The van der Waals surface area contributed by atoms with E-state index in [0.29, 0.717) is 5.82 Å². The van der Waals surface area contributed by atoms with Crippen molar-refractivity contribution in [3.05, 3.63) is 16.0 Å². The second-order valence-corrected chi connectivity index (χ2v) is 3.96. The first kappa shape index (κ1) is 11.7. The Morgan fingerprint density at radius 2 is 2.43 bits per heavy atom. The van der Waals surface area contributed by atoms with Gasteiger partial charge in [0.1, 0.15) is 5.82 Å². The van der Waals surface area contributed by atoms with Gasteiger partial charge in [-0.1, -0.05) is 6.92 Å². The summed E-state index contributed by atoms with van der Waals surface area (Å²) in [5.74, 6) is 0.603. The van der Waals surface area contributed by atoms with Crippen molar-refractivity contribution in [1.29, 1.82) is 0 Å². The predicted octanol–water partition coefficient (Wildman–Crippen LogP) is 2.08. The standard InChI is InChI=1S/C8H11BrClN3O/c1-2-5(4-14)12-7-6(9)3-11-8(10)13-7/h3,5,14H,2,4H2,1H3,(H,11,12,13)/t5-/m0/s1. The highest BCUT2D eigenvalue weighted by Gasteiger charge is 2.08. The van der Waals surface area contributed by atoms with Gasteiger partial charge < -0.3 is 10.4 Å². The van der Waals surface area contributed by atoms with Crippen LogP contribution >= 0.6 is 27.5 Å². The zero-order valence-corrected chi connectivity index (χ0v) is 10.0. The van der Waals surface area contributed by atoms with E-state index < -0.39 is 0 Å². The van der Waals surface area contributed by atoms with E-state index >= 15 is 0 Å². The van der Waals surface area contributed by atoms with Crippen LogP contribution < -0.4 is 5.32 Å². The van der Waals surface area contributed by atoms with Crippen LogP contribution in [0.1, 0.15) is 13.3 Å². The van der Waals surface area contributed by atoms with Crippen LogP contribution in [0, 0.1) is 0 Å². The van der Waals surface area contributed by atoms with Gasteiger partial charge >= 0.3 is 0 Å². The predicted molar refractivity (Wildman–Crippen MR) is 59.5 cm³/mol. The van der Waals surface area contributed by atoms with Gasteiger partial charge in [0.25, 0.3) is 0 Å². The molecule has 0 fully saturated rings. The lowest BCUT2D eigenvalue weighted by Crippen LogP contribution is -2.23. The topological polar surface area (TPSA) is 58.0 Å². The molecule has 14 heavy (non-hydrogen) atoms. The van der Waals surface area contributed by atoms with Gasteiger partial charge in [0.15, 0.2) is 0 Å². The first-order valence-electron chi connectivity index (χ1n) is 4.22. The summed E-state index contributed by atoms with van der Waals surface area (Å²) in [4.78, 5) is 7.80. The number of aliphatic hydroxyl groups excluding tert-OH is 1. The molecule has 2 N–H and O–H groups in total. The Hall–Kier alpha value is -0.390. The number of nitrogens with one attached hydrogen (secondary N) is 1. The molecule has 0 spiro atoms. The highest BCUT2D eigenvalue weighted by Crippen LogP contribution is 2.21. The van der Waals surface area contributed by atoms with E-state index in [4.69, 9.17) is 16.7 Å². The van der Waals surface area contributed by atoms with Crippen LogP contribution in [0.4, 0.5) is 5.82 Å². The van der Waals surface area contributed by atoms with Crippen molar-refractivity contribution in [2.75, 3.05) is 11.9 Å². The molecule has 0 radical (unpaired) electrons. The molecule has 4 nitrogen and oxygen atoms in total. The number of halogens is 2. The lowest BCUT2D eigenvalue weighted by atomic mass is 10.2. The van der Waals surface area contributed by atoms with Gasteiger partial charge in [-0.2, -0.15) is 4.98 Å². The van der Waals surface area contributed by atoms with Crippen molar-refractivity contribution >= 4 is 33.3 Å². The first-order chi connectivity index (χ1) is 6.67. The van der Waals surface area contributed by atoms with E-state index in [0.717, 1.165) is 10.9 Å². The zero-order chi connectivity index (χ0) is 10.6. The molecule has 1 rings (SSSR count). The largest absolute Gasteiger partial charge is 0.394 e. The molecule has 1 atom stereocenters. The number of hydrogen-bond acceptors (Lipinski definition) is 4. The Morgan fingerprint density at radius 3 is 3.00 bits per heavy atom. The maximum atomic E-state index is 8.99. The summed E-state index contributed by atoms with van der Waals surface area (Å²) in [6, 6.07) is -0.0164. The molecule has 1 aromatic heterocycles. The summed E-state index contributed by atoms with van der Waals surface area (Å²) in [5, 5.41) is 12.2. The van der Waals surface area contributed by atoms with Crippen LogP contribution in [-0.4, -0.2) is 27.7 Å². The van der Waals surface area contributed by atoms with Crippen molar-refractivity contribution < 1.29 is 5.11 Å². The van der Waals surface area contributed by atoms with E-state index in [1.54, 1.807) is 6.20 Å². The van der Waals surface area contributed by atoms with Crippen LogP contribution in [0.5, 0.6) is 0 Å². The highest BCUT2D eigenvalue weighted by molar-refractivity contribution is 9.10. The fourth-order valence-corrected chi connectivity index (χ4v) is 1.36. The average Bonchev–Trinajstić information content (AvgIpc) is 2.19. The number of nitrogens with zero attached hydrogens (tertiary/aromatic N) is 2. The molecule has 0 saturated carbocycles. The second kappa shape index (κ2) is 5.48. The van der Waals surface area contributed by atoms with Crippen molar-refractivity contribution in [3.8, 4) is 0 Å². The molecule has 0 saturated heterocycles. The molecule has 78 valence electrons. The SMILES string of the molecule is CC[C@@H](CO)Nc1nc(Cl)ncc1Br. The van der Waals surface area contributed by atoms with Gasteiger partial charge in [-0.15, -0.1) is 0 Å². The molecule has 1 aromatic rings. The summed E-state index contributed by atoms with van der Waals surface area (Å²) in [5.41, 5.74) is 0. The Balaban J connectivity index is 2.79. The van der Waals surface area contributed by atoms with Gasteiger partial charge in [-0.3, -0.25) is 0 Å². The molecule has 0 aliphatic rings. The second-order valence-electron chi connectivity index (χ2n) is 2.77. The number of hydrogen-bond donors (Lipinski definition) is 2. The third kappa shape index (κ3) is 3.08. The van der Waals surface area contributed by atoms with E-state index in [-0.39, 0.29) is 17.9 Å². The minimum absolute atomic E-state index is 0.0164. The molecule has 0 amide bonds. The van der Waals surface area contributed by atoms with Crippen LogP contribution in [0.3, 0.4) is 0 Å². The fourth-order valence-electron chi connectivity index (χ4n) is 0.917. The maximum absolute atomic E-state index is 8.99. The van der Waals surface area contributed by atoms with Gasteiger partial charge in [-0.25, -0.2) is 4.98 Å². The van der Waals surface area contributed by atoms with Crippen LogP contribution in [-0.2, 0) is 0 Å². The highest BCUT2D eigenvalue weighted by atomic mass is 79.9. The van der Waals surface area contributed by atoms with Gasteiger partial charge in [-0.05, 0) is 34.0 Å². The van der Waals surface area contributed by atoms with Crippen LogP contribution in [0.25, 0.3) is 0 Å². The summed E-state index contributed by atoms with van der Waals surface area (Å²) < 4.78 is 0.730. The monoisotopic (exact) mass is 279 g/mol. The summed E-state index contributed by atoms with van der Waals surface area (Å²) in [7, 11) is 0. The summed E-state index contributed by atoms with van der Waals surface area (Å²) >= 11 is 8.93. The van der Waals surface area contributed by atoms with Crippen molar-refractivity contribution in [2.24, 2.45) is 0 Å². The molecule has 6 heteroatoms. The molecule has 0 aliphatic carbocycles. The zero-order valence-electron chi connectivity index (χ0n) is 7.67. The van der Waals surface area contributed by atoms with E-state index in [9.17, 15) is 0 Å². The molecular weight excluding hydrogens is 269 g/mol. The van der Waals surface area contributed by atoms with Gasteiger partial charge in [0.2, 0.25) is 5.28 Å². The Morgan fingerprint density at radius 1 is 1.71 bits per heavy atom. The number of rotatable bonds is 4. The van der Waals surface area contributed by atoms with Crippen molar-refractivity contribution in [1.82, 2.24) is 9.97 Å². The first-order valence-corrected chi connectivity index (χ1v) is 5.40. The van der Waals surface area contributed by atoms with E-state index in [2.05, 4.69) is 31.2 Å². The summed E-state index contributed by atoms with van der Waals surface area (Å²) in [6.07, 6.45) is 2.38. The fraction of sp³-hybridized carbons (Fsp3) is 0.500. The number of aliphatic hydroxyl groups is 1. The normalized spacial score (nSPS) is 12.6. The number of anilines is 1. The average molecular weight is 281 g/mol. The summed E-state index contributed by atoms with van der Waals surface area (Å²) in [6.45, 7) is 2.04. The molecule has 0 aromatic carbocycles. The molecule has 0 unspecified atom stereocenters. The minimum atomic E-state index is -0.0164. The van der Waals surface area contributed by atoms with Crippen molar-refractivity contribution in [2.45, 2.75) is 19.4 Å². The maximum Gasteiger partial charge on any atom is 0.224 e.